The van der Waals surface area contributed by atoms with E-state index in [0.717, 1.165) is 11.8 Å². The summed E-state index contributed by atoms with van der Waals surface area (Å²) in [6, 6.07) is 11.7. The van der Waals surface area contributed by atoms with Crippen LogP contribution in [0.5, 0.6) is 0 Å². The highest BCUT2D eigenvalue weighted by molar-refractivity contribution is 6.42. The minimum absolute atomic E-state index is 0.0269. The van der Waals surface area contributed by atoms with E-state index in [4.69, 9.17) is 23.2 Å². The van der Waals surface area contributed by atoms with E-state index < -0.39 is 5.91 Å². The summed E-state index contributed by atoms with van der Waals surface area (Å²) in [4.78, 5) is 24.3. The molecule has 0 saturated carbocycles. The third kappa shape index (κ3) is 3.06. The summed E-state index contributed by atoms with van der Waals surface area (Å²) in [5, 5.41) is 15.3. The zero-order valence-corrected chi connectivity index (χ0v) is 13.7. The van der Waals surface area contributed by atoms with Crippen molar-refractivity contribution in [2.24, 2.45) is 0 Å². The Labute approximate surface area is 146 Å². The fraction of sp³-hybridized carbons (Fsp3) is 0.0625. The molecule has 0 bridgehead atoms. The molecule has 0 aliphatic carbocycles. The van der Waals surface area contributed by atoms with Gasteiger partial charge in [-0.25, -0.2) is 0 Å². The molecule has 3 rings (SSSR count). The average molecular weight is 364 g/mol. The Morgan fingerprint density at radius 1 is 1.17 bits per heavy atom. The van der Waals surface area contributed by atoms with Gasteiger partial charge in [-0.15, -0.1) is 0 Å². The lowest BCUT2D eigenvalue weighted by Crippen LogP contribution is -2.30. The van der Waals surface area contributed by atoms with E-state index in [0.29, 0.717) is 9.16 Å². The lowest BCUT2D eigenvalue weighted by molar-refractivity contribution is -0.464. The van der Waals surface area contributed by atoms with Gasteiger partial charge in [-0.1, -0.05) is 53.5 Å². The monoisotopic (exact) mass is 363 g/mol. The number of carbonyl (C=O) groups excluding carboxylic acids is 1. The number of rotatable bonds is 3. The first kappa shape index (κ1) is 16.3. The third-order valence-corrected chi connectivity index (χ3v) is 4.18. The van der Waals surface area contributed by atoms with Crippen molar-refractivity contribution in [3.8, 4) is 0 Å². The highest BCUT2D eigenvalue weighted by Crippen LogP contribution is 2.26. The zero-order chi connectivity index (χ0) is 17.3. The summed E-state index contributed by atoms with van der Waals surface area (Å²) in [6.45, 7) is 0.234. The van der Waals surface area contributed by atoms with Gasteiger partial charge in [0.1, 0.15) is 5.52 Å². The Morgan fingerprint density at radius 3 is 2.54 bits per heavy atom. The number of amides is 1. The van der Waals surface area contributed by atoms with Crippen LogP contribution in [0.15, 0.2) is 48.7 Å². The molecule has 6 nitrogen and oxygen atoms in total. The fourth-order valence-electron chi connectivity index (χ4n) is 2.25. The van der Waals surface area contributed by atoms with Crippen LogP contribution in [0, 0.1) is 10.1 Å². The van der Waals surface area contributed by atoms with Gasteiger partial charge in [-0.05, 0) is 11.6 Å². The van der Waals surface area contributed by atoms with Crippen LogP contribution in [0.3, 0.4) is 0 Å². The molecule has 122 valence electrons. The van der Waals surface area contributed by atoms with Crippen molar-refractivity contribution in [3.63, 3.8) is 0 Å². The maximum absolute atomic E-state index is 12.4. The van der Waals surface area contributed by atoms with E-state index in [1.807, 2.05) is 30.3 Å². The second-order valence-corrected chi connectivity index (χ2v) is 5.87. The first-order valence-electron chi connectivity index (χ1n) is 6.94. The molecule has 1 heterocycles. The Bertz CT molecular complexity index is 987. The van der Waals surface area contributed by atoms with Gasteiger partial charge in [-0.2, -0.15) is 0 Å². The quantitative estimate of drug-likeness (QED) is 0.725. The summed E-state index contributed by atoms with van der Waals surface area (Å²) >= 11 is 11.7. The molecule has 0 saturated heterocycles. The van der Waals surface area contributed by atoms with Crippen molar-refractivity contribution in [1.82, 2.24) is 10.0 Å². The number of fused-ring (bicyclic) bond motifs is 1. The molecule has 1 aromatic heterocycles. The van der Waals surface area contributed by atoms with Crippen molar-refractivity contribution in [1.29, 1.82) is 0 Å². The molecule has 2 aromatic carbocycles. The second kappa shape index (κ2) is 6.51. The van der Waals surface area contributed by atoms with Gasteiger partial charge in [0.2, 0.25) is 0 Å². The SMILES string of the molecule is O=C(NCc1ccccc1)c1c[n+](=O)c2cc(Cl)c(Cl)cc2n1[O-]. The van der Waals surface area contributed by atoms with Crippen LogP contribution in [-0.4, -0.2) is 10.6 Å². The fourth-order valence-corrected chi connectivity index (χ4v) is 2.56. The summed E-state index contributed by atoms with van der Waals surface area (Å²) in [5.41, 5.74) is 0.534. The van der Waals surface area contributed by atoms with Crippen LogP contribution in [0.25, 0.3) is 11.0 Å². The highest BCUT2D eigenvalue weighted by atomic mass is 35.5. The largest absolute Gasteiger partial charge is 0.805 e. The molecule has 0 atom stereocenters. The molecule has 0 fully saturated rings. The number of hydrogen-bond acceptors (Lipinski definition) is 3. The standard InChI is InChI=1S/C16H11Cl2N3O3/c17-11-6-13-14(7-12(11)18)21(24)15(9-20(13)23)16(22)19-8-10-4-2-1-3-5-10/h1-7,9H,8H2,(H,19,22). The number of benzene rings is 2. The number of hydrogen-bond donors (Lipinski definition) is 1. The number of halogens is 2. The molecule has 0 spiro atoms. The molecule has 0 aliphatic heterocycles. The van der Waals surface area contributed by atoms with E-state index in [9.17, 15) is 14.9 Å². The predicted octanol–water partition coefficient (Wildman–Crippen LogP) is 3.14. The van der Waals surface area contributed by atoms with E-state index >= 15 is 0 Å². The molecule has 1 amide bonds. The lowest BCUT2D eigenvalue weighted by Gasteiger charge is -2.16. The van der Waals surface area contributed by atoms with Gasteiger partial charge in [-0.3, -0.25) is 4.79 Å². The molecular formula is C16H11Cl2N3O3. The van der Waals surface area contributed by atoms with Gasteiger partial charge >= 0.3 is 0 Å². The van der Waals surface area contributed by atoms with Crippen molar-refractivity contribution in [2.75, 3.05) is 0 Å². The van der Waals surface area contributed by atoms with Crippen LogP contribution >= 0.6 is 23.2 Å². The first-order chi connectivity index (χ1) is 11.5. The highest BCUT2D eigenvalue weighted by Gasteiger charge is 2.19. The average Bonchev–Trinajstić information content (AvgIpc) is 2.58. The van der Waals surface area contributed by atoms with Crippen molar-refractivity contribution < 1.29 is 9.22 Å². The Balaban J connectivity index is 1.97. The van der Waals surface area contributed by atoms with Gasteiger partial charge < -0.3 is 15.3 Å². The number of carbonyl (C=O) groups is 1. The molecule has 0 unspecified atom stereocenters. The smallest absolute Gasteiger partial charge is 0.287 e. The van der Waals surface area contributed by atoms with E-state index in [2.05, 4.69) is 5.32 Å². The zero-order valence-electron chi connectivity index (χ0n) is 12.2. The van der Waals surface area contributed by atoms with Gasteiger partial charge in [0.05, 0.1) is 14.5 Å². The maximum atomic E-state index is 12.4. The summed E-state index contributed by atoms with van der Waals surface area (Å²) in [6.07, 6.45) is 0.917. The van der Waals surface area contributed by atoms with Crippen LogP contribution < -0.4 is 9.74 Å². The summed E-state index contributed by atoms with van der Waals surface area (Å²) in [5.74, 6) is -0.661. The molecule has 0 aliphatic rings. The number of aromatic nitrogens is 2. The molecule has 8 heteroatoms. The minimum Gasteiger partial charge on any atom is -0.805 e. The normalized spacial score (nSPS) is 10.8. The number of nitrogens with zero attached hydrogens (tertiary/aromatic N) is 2. The topological polar surface area (TPSA) is 80.1 Å². The van der Waals surface area contributed by atoms with Crippen LogP contribution in [0.2, 0.25) is 10.0 Å². The molecular weight excluding hydrogens is 353 g/mol. The Kier molecular flexibility index (Phi) is 4.42. The molecule has 24 heavy (non-hydrogen) atoms. The van der Waals surface area contributed by atoms with Crippen molar-refractivity contribution >= 4 is 40.1 Å². The summed E-state index contributed by atoms with van der Waals surface area (Å²) < 4.78 is 0.787. The lowest BCUT2D eigenvalue weighted by atomic mass is 10.2. The van der Waals surface area contributed by atoms with Crippen molar-refractivity contribution in [3.05, 3.63) is 80.1 Å². The Morgan fingerprint density at radius 2 is 1.83 bits per heavy atom. The number of nitrogens with one attached hydrogen (secondary N) is 1. The van der Waals surface area contributed by atoms with Crippen LogP contribution in [-0.2, 0) is 6.54 Å². The van der Waals surface area contributed by atoms with E-state index in [1.54, 1.807) is 0 Å². The molecule has 1 N–H and O–H groups in total. The van der Waals surface area contributed by atoms with E-state index in [1.165, 1.54) is 12.1 Å². The van der Waals surface area contributed by atoms with Crippen LogP contribution in [0.1, 0.15) is 16.1 Å². The first-order valence-corrected chi connectivity index (χ1v) is 7.69. The molecule has 0 radical (unpaired) electrons. The molecule has 3 aromatic rings. The Hall–Kier alpha value is -2.57. The third-order valence-electron chi connectivity index (χ3n) is 3.46. The van der Waals surface area contributed by atoms with Gasteiger partial charge in [0.15, 0.2) is 5.69 Å². The second-order valence-electron chi connectivity index (χ2n) is 5.06. The van der Waals surface area contributed by atoms with Crippen molar-refractivity contribution in [2.45, 2.75) is 6.54 Å². The van der Waals surface area contributed by atoms with Gasteiger partial charge in [0.25, 0.3) is 17.6 Å². The minimum atomic E-state index is -0.661. The van der Waals surface area contributed by atoms with Gasteiger partial charge in [0, 0.05) is 17.5 Å². The predicted molar refractivity (Wildman–Crippen MR) is 91.7 cm³/mol. The van der Waals surface area contributed by atoms with E-state index in [-0.39, 0.29) is 33.3 Å². The summed E-state index contributed by atoms with van der Waals surface area (Å²) in [7, 11) is 0. The maximum Gasteiger partial charge on any atom is 0.287 e. The van der Waals surface area contributed by atoms with Crippen LogP contribution in [0.4, 0.5) is 0 Å².